The summed E-state index contributed by atoms with van der Waals surface area (Å²) < 4.78 is 0. The van der Waals surface area contributed by atoms with E-state index in [2.05, 4.69) is 25.6 Å². The molecule has 0 aromatic carbocycles. The first-order valence-corrected chi connectivity index (χ1v) is 6.96. The van der Waals surface area contributed by atoms with Crippen LogP contribution in [0.15, 0.2) is 24.7 Å². The van der Waals surface area contributed by atoms with Crippen molar-refractivity contribution in [2.75, 3.05) is 10.6 Å². The summed E-state index contributed by atoms with van der Waals surface area (Å²) in [5, 5.41) is 17.3. The molecule has 0 aliphatic carbocycles. The summed E-state index contributed by atoms with van der Waals surface area (Å²) in [6.07, 6.45) is 3.78. The van der Waals surface area contributed by atoms with Crippen molar-refractivity contribution in [3.8, 4) is 0 Å². The molecule has 0 spiro atoms. The Labute approximate surface area is 128 Å². The molecule has 0 radical (unpaired) electrons. The van der Waals surface area contributed by atoms with Crippen LogP contribution in [0, 0.1) is 17.0 Å². The van der Waals surface area contributed by atoms with Gasteiger partial charge in [-0.05, 0) is 31.9 Å². The van der Waals surface area contributed by atoms with Crippen LogP contribution in [-0.4, -0.2) is 25.9 Å². The van der Waals surface area contributed by atoms with Gasteiger partial charge in [0, 0.05) is 12.2 Å². The topological polar surface area (TPSA) is 106 Å². The van der Waals surface area contributed by atoms with Crippen LogP contribution < -0.4 is 10.6 Å². The molecule has 2 heterocycles. The predicted octanol–water partition coefficient (Wildman–Crippen LogP) is 3.04. The van der Waals surface area contributed by atoms with E-state index in [4.69, 9.17) is 0 Å². The summed E-state index contributed by atoms with van der Waals surface area (Å²) in [6.45, 7) is 5.83. The zero-order valence-electron chi connectivity index (χ0n) is 12.7. The van der Waals surface area contributed by atoms with Crippen LogP contribution >= 0.6 is 0 Å². The minimum Gasteiger partial charge on any atom is -0.362 e. The van der Waals surface area contributed by atoms with Crippen molar-refractivity contribution >= 4 is 23.1 Å². The summed E-state index contributed by atoms with van der Waals surface area (Å²) in [5.74, 6) is 0.799. The third-order valence-corrected chi connectivity index (χ3v) is 3.16. The van der Waals surface area contributed by atoms with Gasteiger partial charge < -0.3 is 10.6 Å². The lowest BCUT2D eigenvalue weighted by Gasteiger charge is -2.13. The minimum atomic E-state index is -0.499. The Morgan fingerprint density at radius 3 is 2.59 bits per heavy atom. The zero-order valence-corrected chi connectivity index (χ0v) is 12.7. The van der Waals surface area contributed by atoms with Crippen LogP contribution in [0.2, 0.25) is 0 Å². The molecule has 8 heteroatoms. The van der Waals surface area contributed by atoms with Gasteiger partial charge in [0.1, 0.15) is 12.1 Å². The normalized spacial score (nSPS) is 11.8. The number of hydrogen-bond donors (Lipinski definition) is 2. The first-order chi connectivity index (χ1) is 10.5. The fourth-order valence-corrected chi connectivity index (χ4v) is 1.75. The highest BCUT2D eigenvalue weighted by atomic mass is 16.6. The van der Waals surface area contributed by atoms with E-state index in [0.717, 1.165) is 12.0 Å². The van der Waals surface area contributed by atoms with Crippen molar-refractivity contribution in [2.45, 2.75) is 33.2 Å². The second-order valence-corrected chi connectivity index (χ2v) is 4.98. The highest BCUT2D eigenvalue weighted by Crippen LogP contribution is 2.31. The maximum absolute atomic E-state index is 11.4. The molecule has 2 aromatic heterocycles. The van der Waals surface area contributed by atoms with Crippen LogP contribution in [0.5, 0.6) is 0 Å². The smallest absolute Gasteiger partial charge is 0.353 e. The molecule has 0 bridgehead atoms. The SMILES string of the molecule is CCC(C)Nc1ncnc(Nc2ccc(C)cn2)c1[N+](=O)[O-]. The van der Waals surface area contributed by atoms with Gasteiger partial charge in [0.15, 0.2) is 0 Å². The van der Waals surface area contributed by atoms with Crippen molar-refractivity contribution in [1.29, 1.82) is 0 Å². The molecule has 0 aliphatic rings. The molecule has 2 aromatic rings. The molecule has 1 atom stereocenters. The number of hydrogen-bond acceptors (Lipinski definition) is 7. The first kappa shape index (κ1) is 15.6. The Hall–Kier alpha value is -2.77. The highest BCUT2D eigenvalue weighted by Gasteiger charge is 2.24. The van der Waals surface area contributed by atoms with Gasteiger partial charge in [-0.25, -0.2) is 15.0 Å². The van der Waals surface area contributed by atoms with Crippen molar-refractivity contribution in [2.24, 2.45) is 0 Å². The van der Waals surface area contributed by atoms with E-state index in [1.54, 1.807) is 12.3 Å². The molecule has 1 unspecified atom stereocenters. The Morgan fingerprint density at radius 1 is 1.27 bits per heavy atom. The van der Waals surface area contributed by atoms with Crippen molar-refractivity contribution in [3.63, 3.8) is 0 Å². The predicted molar refractivity (Wildman–Crippen MR) is 84.3 cm³/mol. The lowest BCUT2D eigenvalue weighted by Crippen LogP contribution is -2.16. The third kappa shape index (κ3) is 3.66. The number of aryl methyl sites for hydroxylation is 1. The molecule has 8 nitrogen and oxygen atoms in total. The lowest BCUT2D eigenvalue weighted by molar-refractivity contribution is -0.383. The molecule has 22 heavy (non-hydrogen) atoms. The largest absolute Gasteiger partial charge is 0.362 e. The Balaban J connectivity index is 2.36. The average molecular weight is 302 g/mol. The summed E-state index contributed by atoms with van der Waals surface area (Å²) in [4.78, 5) is 23.0. The van der Waals surface area contributed by atoms with Gasteiger partial charge in [-0.3, -0.25) is 10.1 Å². The highest BCUT2D eigenvalue weighted by molar-refractivity contribution is 5.72. The van der Waals surface area contributed by atoms with Crippen molar-refractivity contribution in [1.82, 2.24) is 15.0 Å². The number of aromatic nitrogens is 3. The Bertz CT molecular complexity index is 659. The second-order valence-electron chi connectivity index (χ2n) is 4.98. The zero-order chi connectivity index (χ0) is 16.1. The van der Waals surface area contributed by atoms with E-state index < -0.39 is 4.92 Å². The number of anilines is 3. The third-order valence-electron chi connectivity index (χ3n) is 3.16. The molecule has 0 saturated heterocycles. The van der Waals surface area contributed by atoms with Gasteiger partial charge in [-0.15, -0.1) is 0 Å². The van der Waals surface area contributed by atoms with E-state index >= 15 is 0 Å². The van der Waals surface area contributed by atoms with Gasteiger partial charge >= 0.3 is 5.69 Å². The number of rotatable bonds is 6. The van der Waals surface area contributed by atoms with Gasteiger partial charge in [-0.1, -0.05) is 13.0 Å². The summed E-state index contributed by atoms with van der Waals surface area (Å²) in [6, 6.07) is 3.67. The minimum absolute atomic E-state index is 0.0685. The summed E-state index contributed by atoms with van der Waals surface area (Å²) in [5.41, 5.74) is 0.812. The van der Waals surface area contributed by atoms with Crippen LogP contribution in [0.3, 0.4) is 0 Å². The maximum Gasteiger partial charge on any atom is 0.353 e. The molecular formula is C14H18N6O2. The fraction of sp³-hybridized carbons (Fsp3) is 0.357. The number of pyridine rings is 1. The molecule has 0 aliphatic heterocycles. The van der Waals surface area contributed by atoms with Crippen LogP contribution in [0.25, 0.3) is 0 Å². The van der Waals surface area contributed by atoms with E-state index in [-0.39, 0.29) is 23.4 Å². The number of nitrogens with zero attached hydrogens (tertiary/aromatic N) is 4. The molecule has 0 fully saturated rings. The quantitative estimate of drug-likeness (QED) is 0.624. The van der Waals surface area contributed by atoms with E-state index in [0.29, 0.717) is 5.82 Å². The van der Waals surface area contributed by atoms with Gasteiger partial charge in [-0.2, -0.15) is 0 Å². The van der Waals surface area contributed by atoms with Crippen molar-refractivity contribution < 1.29 is 4.92 Å². The lowest BCUT2D eigenvalue weighted by atomic mass is 10.2. The molecule has 116 valence electrons. The van der Waals surface area contributed by atoms with Crippen LogP contribution in [0.4, 0.5) is 23.1 Å². The number of nitrogens with one attached hydrogen (secondary N) is 2. The summed E-state index contributed by atoms with van der Waals surface area (Å²) in [7, 11) is 0. The fourth-order valence-electron chi connectivity index (χ4n) is 1.75. The molecule has 0 amide bonds. The van der Waals surface area contributed by atoms with Gasteiger partial charge in [0.05, 0.1) is 4.92 Å². The Kier molecular flexibility index (Phi) is 4.82. The molecule has 2 rings (SSSR count). The maximum atomic E-state index is 11.4. The number of nitro groups is 1. The standard InChI is InChI=1S/C14H18N6O2/c1-4-10(3)18-13-12(20(21)22)14(17-8-16-13)19-11-6-5-9(2)7-15-11/h5-8,10H,4H2,1-3H3,(H2,15,16,17,18,19). The molecular weight excluding hydrogens is 284 g/mol. The van der Waals surface area contributed by atoms with E-state index in [1.165, 1.54) is 6.33 Å². The van der Waals surface area contributed by atoms with Crippen molar-refractivity contribution in [3.05, 3.63) is 40.3 Å². The summed E-state index contributed by atoms with van der Waals surface area (Å²) >= 11 is 0. The molecule has 2 N–H and O–H groups in total. The second kappa shape index (κ2) is 6.79. The average Bonchev–Trinajstić information content (AvgIpc) is 2.49. The van der Waals surface area contributed by atoms with Crippen LogP contribution in [-0.2, 0) is 0 Å². The molecule has 0 saturated carbocycles. The van der Waals surface area contributed by atoms with E-state index in [9.17, 15) is 10.1 Å². The van der Waals surface area contributed by atoms with Gasteiger partial charge in [0.2, 0.25) is 11.6 Å². The Morgan fingerprint density at radius 2 is 2.00 bits per heavy atom. The van der Waals surface area contributed by atoms with E-state index in [1.807, 2.05) is 26.8 Å². The van der Waals surface area contributed by atoms with Crippen LogP contribution in [0.1, 0.15) is 25.8 Å². The monoisotopic (exact) mass is 302 g/mol. The van der Waals surface area contributed by atoms with Gasteiger partial charge in [0.25, 0.3) is 0 Å². The first-order valence-electron chi connectivity index (χ1n) is 6.96.